The van der Waals surface area contributed by atoms with Crippen LogP contribution in [0.4, 0.5) is 10.1 Å². The number of rotatable bonds is 3. The normalized spacial score (nSPS) is 10.9. The number of anilines is 1. The largest absolute Gasteiger partial charge is 0.399 e. The van der Waals surface area contributed by atoms with Gasteiger partial charge in [-0.05, 0) is 41.5 Å². The Morgan fingerprint density at radius 1 is 1.04 bits per heavy atom. The molecule has 0 saturated carbocycles. The van der Waals surface area contributed by atoms with Crippen molar-refractivity contribution in [1.29, 1.82) is 0 Å². The van der Waals surface area contributed by atoms with Gasteiger partial charge in [0.1, 0.15) is 11.5 Å². The molecule has 122 valence electrons. The van der Waals surface area contributed by atoms with E-state index in [0.717, 1.165) is 11.1 Å². The predicted octanol–water partition coefficient (Wildman–Crippen LogP) is 4.18. The molecule has 0 aliphatic heterocycles. The molecular formula is C20H14FN3O. The van der Waals surface area contributed by atoms with Gasteiger partial charge in [-0.15, -0.1) is 0 Å². The molecule has 0 amide bonds. The summed E-state index contributed by atoms with van der Waals surface area (Å²) in [7, 11) is 0. The van der Waals surface area contributed by atoms with Crippen molar-refractivity contribution in [2.24, 2.45) is 0 Å². The van der Waals surface area contributed by atoms with E-state index < -0.39 is 5.82 Å². The molecule has 0 saturated heterocycles. The van der Waals surface area contributed by atoms with Gasteiger partial charge >= 0.3 is 0 Å². The number of halogens is 1. The van der Waals surface area contributed by atoms with Crippen molar-refractivity contribution in [2.75, 3.05) is 5.73 Å². The number of fused-ring (bicyclic) bond motifs is 1. The van der Waals surface area contributed by atoms with Crippen molar-refractivity contribution in [3.05, 3.63) is 83.9 Å². The molecule has 0 unspecified atom stereocenters. The van der Waals surface area contributed by atoms with Crippen molar-refractivity contribution >= 4 is 22.5 Å². The number of hydrogen-bond donors (Lipinski definition) is 2. The van der Waals surface area contributed by atoms with Crippen LogP contribution in [0.25, 0.3) is 22.2 Å². The van der Waals surface area contributed by atoms with E-state index in [1.807, 2.05) is 24.3 Å². The van der Waals surface area contributed by atoms with Gasteiger partial charge < -0.3 is 10.7 Å². The molecule has 0 aliphatic carbocycles. The first-order chi connectivity index (χ1) is 12.1. The fourth-order valence-electron chi connectivity index (χ4n) is 2.97. The number of carbonyl (C=O) groups excluding carboxylic acids is 1. The van der Waals surface area contributed by atoms with E-state index in [-0.39, 0.29) is 11.3 Å². The highest BCUT2D eigenvalue weighted by molar-refractivity contribution is 6.18. The molecule has 4 nitrogen and oxygen atoms in total. The zero-order chi connectivity index (χ0) is 17.4. The van der Waals surface area contributed by atoms with Crippen LogP contribution in [0.3, 0.4) is 0 Å². The van der Waals surface area contributed by atoms with Crippen LogP contribution in [-0.4, -0.2) is 15.8 Å². The minimum atomic E-state index is -0.545. The number of benzene rings is 2. The first-order valence-corrected chi connectivity index (χ1v) is 7.76. The highest BCUT2D eigenvalue weighted by Crippen LogP contribution is 2.32. The lowest BCUT2D eigenvalue weighted by Crippen LogP contribution is -2.03. The van der Waals surface area contributed by atoms with Crippen LogP contribution in [0, 0.1) is 5.82 Å². The fraction of sp³-hybridized carbons (Fsp3) is 0. The number of ketones is 1. The zero-order valence-electron chi connectivity index (χ0n) is 13.2. The standard InChI is InChI=1S/C20H14FN3O/c21-17-7-2-1-6-15(17)19(25)16-11-24-20-18(16)14(8-9-23-20)12-4-3-5-13(22)10-12/h1-11H,22H2,(H,23,24). The molecule has 2 aromatic carbocycles. The Hall–Kier alpha value is -3.47. The Bertz CT molecular complexity index is 1100. The van der Waals surface area contributed by atoms with Crippen LogP contribution >= 0.6 is 0 Å². The Morgan fingerprint density at radius 2 is 1.88 bits per heavy atom. The highest BCUT2D eigenvalue weighted by atomic mass is 19.1. The number of hydrogen-bond acceptors (Lipinski definition) is 3. The van der Waals surface area contributed by atoms with Crippen LogP contribution in [0.1, 0.15) is 15.9 Å². The summed E-state index contributed by atoms with van der Waals surface area (Å²) in [6, 6.07) is 15.2. The maximum absolute atomic E-state index is 14.0. The molecule has 25 heavy (non-hydrogen) atoms. The molecule has 2 heterocycles. The lowest BCUT2D eigenvalue weighted by Gasteiger charge is -2.07. The van der Waals surface area contributed by atoms with Gasteiger partial charge in [-0.1, -0.05) is 24.3 Å². The minimum Gasteiger partial charge on any atom is -0.399 e. The number of nitrogen functional groups attached to an aromatic ring is 1. The Morgan fingerprint density at radius 3 is 2.68 bits per heavy atom. The average Bonchev–Trinajstić information content (AvgIpc) is 3.06. The number of pyridine rings is 1. The second-order valence-electron chi connectivity index (χ2n) is 5.72. The number of nitrogens with two attached hydrogens (primary N) is 1. The monoisotopic (exact) mass is 331 g/mol. The van der Waals surface area contributed by atoms with Gasteiger partial charge in [0.2, 0.25) is 0 Å². The Labute approximate surface area is 143 Å². The first-order valence-electron chi connectivity index (χ1n) is 7.76. The van der Waals surface area contributed by atoms with E-state index in [4.69, 9.17) is 5.73 Å². The third kappa shape index (κ3) is 2.55. The van der Waals surface area contributed by atoms with Gasteiger partial charge in [-0.2, -0.15) is 0 Å². The molecule has 0 spiro atoms. The molecule has 3 N–H and O–H groups in total. The third-order valence-corrected chi connectivity index (χ3v) is 4.13. The molecular weight excluding hydrogens is 317 g/mol. The number of carbonyl (C=O) groups is 1. The molecule has 4 aromatic rings. The second kappa shape index (κ2) is 5.87. The van der Waals surface area contributed by atoms with E-state index in [9.17, 15) is 9.18 Å². The van der Waals surface area contributed by atoms with Gasteiger partial charge in [-0.3, -0.25) is 4.79 Å². The maximum atomic E-state index is 14.0. The minimum absolute atomic E-state index is 0.0331. The van der Waals surface area contributed by atoms with E-state index >= 15 is 0 Å². The summed E-state index contributed by atoms with van der Waals surface area (Å²) in [5.41, 5.74) is 9.18. The van der Waals surface area contributed by atoms with E-state index in [1.165, 1.54) is 12.1 Å². The Kier molecular flexibility index (Phi) is 3.54. The average molecular weight is 331 g/mol. The lowest BCUT2D eigenvalue weighted by molar-refractivity contribution is 0.103. The number of nitrogens with zero attached hydrogens (tertiary/aromatic N) is 1. The zero-order valence-corrected chi connectivity index (χ0v) is 13.2. The van der Waals surface area contributed by atoms with Crippen LogP contribution < -0.4 is 5.73 Å². The maximum Gasteiger partial charge on any atom is 0.198 e. The molecule has 0 bridgehead atoms. The van der Waals surface area contributed by atoms with E-state index in [2.05, 4.69) is 9.97 Å². The van der Waals surface area contributed by atoms with Crippen molar-refractivity contribution in [3.63, 3.8) is 0 Å². The molecule has 4 rings (SSSR count). The smallest absolute Gasteiger partial charge is 0.198 e. The number of aromatic amines is 1. The first kappa shape index (κ1) is 15.1. The van der Waals surface area contributed by atoms with Crippen molar-refractivity contribution in [3.8, 4) is 11.1 Å². The van der Waals surface area contributed by atoms with Crippen LogP contribution in [0.2, 0.25) is 0 Å². The number of nitrogens with one attached hydrogen (secondary N) is 1. The SMILES string of the molecule is Nc1cccc(-c2ccnc3[nH]cc(C(=O)c4ccccc4F)c23)c1. The molecule has 2 aromatic heterocycles. The van der Waals surface area contributed by atoms with Gasteiger partial charge in [-0.25, -0.2) is 9.37 Å². The third-order valence-electron chi connectivity index (χ3n) is 4.13. The molecule has 0 aliphatic rings. The topological polar surface area (TPSA) is 71.8 Å². The van der Waals surface area contributed by atoms with Crippen LogP contribution in [-0.2, 0) is 0 Å². The van der Waals surface area contributed by atoms with Gasteiger partial charge in [0.25, 0.3) is 0 Å². The summed E-state index contributed by atoms with van der Waals surface area (Å²) in [4.78, 5) is 20.2. The van der Waals surface area contributed by atoms with Gasteiger partial charge in [0, 0.05) is 23.5 Å². The summed E-state index contributed by atoms with van der Waals surface area (Å²) < 4.78 is 14.0. The Balaban J connectivity index is 1.95. The lowest BCUT2D eigenvalue weighted by atomic mass is 9.97. The van der Waals surface area contributed by atoms with Gasteiger partial charge in [0.05, 0.1) is 11.1 Å². The van der Waals surface area contributed by atoms with Crippen LogP contribution in [0.5, 0.6) is 0 Å². The van der Waals surface area contributed by atoms with Crippen LogP contribution in [0.15, 0.2) is 67.0 Å². The summed E-state index contributed by atoms with van der Waals surface area (Å²) in [6.07, 6.45) is 3.23. The van der Waals surface area contributed by atoms with Crippen molar-refractivity contribution in [2.45, 2.75) is 0 Å². The summed E-state index contributed by atoms with van der Waals surface area (Å²) in [5.74, 6) is -0.932. The number of aromatic nitrogens is 2. The summed E-state index contributed by atoms with van der Waals surface area (Å²) >= 11 is 0. The van der Waals surface area contributed by atoms with E-state index in [0.29, 0.717) is 22.3 Å². The highest BCUT2D eigenvalue weighted by Gasteiger charge is 2.20. The predicted molar refractivity (Wildman–Crippen MR) is 95.8 cm³/mol. The fourth-order valence-corrected chi connectivity index (χ4v) is 2.97. The quantitative estimate of drug-likeness (QED) is 0.437. The summed E-state index contributed by atoms with van der Waals surface area (Å²) in [5, 5.41) is 0.654. The molecule has 0 radical (unpaired) electrons. The molecule has 5 heteroatoms. The second-order valence-corrected chi connectivity index (χ2v) is 5.72. The molecule has 0 fully saturated rings. The summed E-state index contributed by atoms with van der Waals surface area (Å²) in [6.45, 7) is 0. The van der Waals surface area contributed by atoms with Gasteiger partial charge in [0.15, 0.2) is 5.78 Å². The van der Waals surface area contributed by atoms with E-state index in [1.54, 1.807) is 30.6 Å². The van der Waals surface area contributed by atoms with Crippen molar-refractivity contribution < 1.29 is 9.18 Å². The number of H-pyrrole nitrogens is 1. The van der Waals surface area contributed by atoms with Crippen molar-refractivity contribution in [1.82, 2.24) is 9.97 Å². The molecule has 0 atom stereocenters.